The lowest BCUT2D eigenvalue weighted by molar-refractivity contribution is 1.18. The number of para-hydroxylation sites is 1. The molecule has 17 aromatic carbocycles. The standard InChI is InChI=1S/C55H40N2.C48H32N2S/c1-39-20-37-51-54(38-39)57(50-35-29-46(30-36-50)42-16-9-4-10-17-42)53-19-11-18-52(55(51)53)56(48-31-25-45(26-32-48)41-14-7-3-8-15-41)49-33-27-47(28-34-49)44-23-21-43(22-24-44)40-12-5-2-6-13-40;1-4-13-33(14-5-1)35-23-26-38(27-24-35)50-43-29-25-36(34-15-6-2-7-16-34)31-42(43)48-44(20-12-21-45(48)50)49(37-17-8-3-9-18-37)39-28-30-47-41(32-39)40-19-10-11-22-46(40)51-47/h2-38H,1H3;1-32H. The molecule has 0 amide bonds. The van der Waals surface area contributed by atoms with Crippen LogP contribution >= 0.6 is 11.3 Å². The summed E-state index contributed by atoms with van der Waals surface area (Å²) in [5.74, 6) is 0. The Morgan fingerprint density at radius 1 is 0.204 bits per heavy atom. The number of anilines is 6. The number of aryl methyl sites for hydroxylation is 1. The number of fused-ring (bicyclic) bond motifs is 9. The van der Waals surface area contributed by atoms with Crippen LogP contribution in [0.3, 0.4) is 0 Å². The molecule has 0 spiro atoms. The van der Waals surface area contributed by atoms with Crippen molar-refractivity contribution in [3.05, 3.63) is 424 Å². The number of benzene rings is 17. The van der Waals surface area contributed by atoms with Crippen molar-refractivity contribution in [3.63, 3.8) is 0 Å². The van der Waals surface area contributed by atoms with E-state index in [4.69, 9.17) is 0 Å². The van der Waals surface area contributed by atoms with Gasteiger partial charge in [0.25, 0.3) is 0 Å². The second-order valence-corrected chi connectivity index (χ2v) is 28.7. The predicted molar refractivity (Wildman–Crippen MR) is 461 cm³/mol. The highest BCUT2D eigenvalue weighted by molar-refractivity contribution is 7.25. The molecular formula is C103H72N4S. The maximum absolute atomic E-state index is 2.44. The van der Waals surface area contributed by atoms with Gasteiger partial charge in [-0.05, 0) is 207 Å². The van der Waals surface area contributed by atoms with E-state index in [1.807, 2.05) is 11.3 Å². The highest BCUT2D eigenvalue weighted by atomic mass is 32.1. The number of nitrogens with zero attached hydrogens (tertiary/aromatic N) is 4. The second kappa shape index (κ2) is 28.3. The lowest BCUT2D eigenvalue weighted by Gasteiger charge is -2.27. The van der Waals surface area contributed by atoms with Crippen molar-refractivity contribution in [1.82, 2.24) is 9.13 Å². The molecule has 0 aliphatic heterocycles. The average molecular weight is 1400 g/mol. The molecule has 0 N–H and O–H groups in total. The quantitative estimate of drug-likeness (QED) is 0.108. The fraction of sp³-hybridized carbons (Fsp3) is 0.00971. The molecule has 0 unspecified atom stereocenters. The predicted octanol–water partition coefficient (Wildman–Crippen LogP) is 29.2. The highest BCUT2D eigenvalue weighted by Gasteiger charge is 2.25. The van der Waals surface area contributed by atoms with Gasteiger partial charge in [-0.3, -0.25) is 0 Å². The molecule has 0 radical (unpaired) electrons. The first-order chi connectivity index (χ1) is 53.5. The molecule has 3 aromatic heterocycles. The van der Waals surface area contributed by atoms with Gasteiger partial charge < -0.3 is 18.9 Å². The molecule has 5 heteroatoms. The Kier molecular flexibility index (Phi) is 17.0. The molecule has 0 bridgehead atoms. The summed E-state index contributed by atoms with van der Waals surface area (Å²) in [6.45, 7) is 2.18. The number of thiophene rings is 1. The molecule has 3 heterocycles. The summed E-state index contributed by atoms with van der Waals surface area (Å²) in [4.78, 5) is 4.85. The topological polar surface area (TPSA) is 16.3 Å². The summed E-state index contributed by atoms with van der Waals surface area (Å²) < 4.78 is 7.47. The van der Waals surface area contributed by atoms with E-state index >= 15 is 0 Å². The van der Waals surface area contributed by atoms with Crippen LogP contribution in [0.2, 0.25) is 0 Å². The monoisotopic (exact) mass is 1400 g/mol. The first-order valence-electron chi connectivity index (χ1n) is 36.9. The molecule has 0 saturated heterocycles. The van der Waals surface area contributed by atoms with Crippen LogP contribution in [0.1, 0.15) is 5.56 Å². The van der Waals surface area contributed by atoms with E-state index in [1.165, 1.54) is 136 Å². The molecule has 0 saturated carbocycles. The molecule has 4 nitrogen and oxygen atoms in total. The fourth-order valence-corrected chi connectivity index (χ4v) is 16.9. The van der Waals surface area contributed by atoms with Crippen LogP contribution in [-0.4, -0.2) is 9.13 Å². The Bertz CT molecular complexity index is 6590. The van der Waals surface area contributed by atoms with E-state index in [1.54, 1.807) is 0 Å². The number of aromatic nitrogens is 2. The Morgan fingerprint density at radius 2 is 0.556 bits per heavy atom. The minimum absolute atomic E-state index is 1.10. The van der Waals surface area contributed by atoms with Gasteiger partial charge in [-0.25, -0.2) is 0 Å². The van der Waals surface area contributed by atoms with Gasteiger partial charge in [0, 0.05) is 75.8 Å². The minimum atomic E-state index is 1.10. The van der Waals surface area contributed by atoms with Crippen molar-refractivity contribution in [2.24, 2.45) is 0 Å². The zero-order chi connectivity index (χ0) is 71.9. The Morgan fingerprint density at radius 3 is 1.04 bits per heavy atom. The van der Waals surface area contributed by atoms with E-state index in [9.17, 15) is 0 Å². The largest absolute Gasteiger partial charge is 0.310 e. The van der Waals surface area contributed by atoms with Crippen LogP contribution < -0.4 is 9.80 Å². The van der Waals surface area contributed by atoms with E-state index in [2.05, 4.69) is 444 Å². The lowest BCUT2D eigenvalue weighted by Crippen LogP contribution is -2.10. The van der Waals surface area contributed by atoms with Gasteiger partial charge in [-0.1, -0.05) is 291 Å². The third kappa shape index (κ3) is 12.2. The number of rotatable bonds is 14. The Labute approximate surface area is 633 Å². The zero-order valence-electron chi connectivity index (χ0n) is 59.5. The summed E-state index contributed by atoms with van der Waals surface area (Å²) in [6, 6.07) is 152. The van der Waals surface area contributed by atoms with Gasteiger partial charge in [0.05, 0.1) is 33.4 Å². The number of hydrogen-bond acceptors (Lipinski definition) is 3. The van der Waals surface area contributed by atoms with Gasteiger partial charge in [0.15, 0.2) is 0 Å². The van der Waals surface area contributed by atoms with Crippen LogP contribution in [-0.2, 0) is 0 Å². The molecule has 0 aliphatic rings. The average Bonchev–Trinajstić information content (AvgIpc) is 1.57. The highest BCUT2D eigenvalue weighted by Crippen LogP contribution is 2.49. The van der Waals surface area contributed by atoms with Crippen LogP contribution in [0.15, 0.2) is 419 Å². The van der Waals surface area contributed by atoms with Crippen LogP contribution in [0.5, 0.6) is 0 Å². The lowest BCUT2D eigenvalue weighted by atomic mass is 10.00. The first-order valence-corrected chi connectivity index (χ1v) is 37.8. The van der Waals surface area contributed by atoms with Crippen LogP contribution in [0, 0.1) is 6.92 Å². The summed E-state index contributed by atoms with van der Waals surface area (Å²) >= 11 is 1.86. The van der Waals surface area contributed by atoms with E-state index < -0.39 is 0 Å². The van der Waals surface area contributed by atoms with Crippen molar-refractivity contribution < 1.29 is 0 Å². The SMILES string of the molecule is Cc1ccc2c3c(N(c4ccc(-c5ccccc5)cc4)c4ccc(-c5ccc(-c6ccccc6)cc5)cc4)cccc3n(-c3ccc(-c4ccccc4)cc3)c2c1.c1ccc(-c2ccc(-n3c4ccc(-c5ccccc5)cc4c4c(N(c5ccccc5)c5ccc6sc7ccccc7c6c5)cccc43)cc2)cc1. The molecule has 510 valence electrons. The zero-order valence-corrected chi connectivity index (χ0v) is 60.4. The van der Waals surface area contributed by atoms with Gasteiger partial charge in [-0.2, -0.15) is 0 Å². The summed E-state index contributed by atoms with van der Waals surface area (Å²) in [5.41, 5.74) is 29.4. The molecule has 0 fully saturated rings. The Hall–Kier alpha value is -13.8. The normalized spacial score (nSPS) is 11.4. The van der Waals surface area contributed by atoms with Crippen molar-refractivity contribution in [2.45, 2.75) is 6.92 Å². The summed E-state index contributed by atoms with van der Waals surface area (Å²) in [5, 5.41) is 7.46. The van der Waals surface area contributed by atoms with Crippen molar-refractivity contribution >= 4 is 109 Å². The van der Waals surface area contributed by atoms with Crippen LogP contribution in [0.4, 0.5) is 34.1 Å². The maximum Gasteiger partial charge on any atom is 0.0562 e. The number of hydrogen-bond donors (Lipinski definition) is 0. The molecule has 20 aromatic rings. The van der Waals surface area contributed by atoms with E-state index in [0.29, 0.717) is 0 Å². The van der Waals surface area contributed by atoms with Gasteiger partial charge >= 0.3 is 0 Å². The second-order valence-electron chi connectivity index (χ2n) is 27.6. The fourth-order valence-electron chi connectivity index (χ4n) is 15.8. The minimum Gasteiger partial charge on any atom is -0.310 e. The van der Waals surface area contributed by atoms with E-state index in [-0.39, 0.29) is 0 Å². The molecule has 108 heavy (non-hydrogen) atoms. The van der Waals surface area contributed by atoms with Crippen molar-refractivity contribution in [1.29, 1.82) is 0 Å². The first kappa shape index (κ1) is 65.0. The molecule has 0 atom stereocenters. The smallest absolute Gasteiger partial charge is 0.0562 e. The molecular weight excluding hydrogens is 1330 g/mol. The van der Waals surface area contributed by atoms with Crippen LogP contribution in [0.25, 0.3) is 142 Å². The third-order valence-corrected chi connectivity index (χ3v) is 22.2. The van der Waals surface area contributed by atoms with Gasteiger partial charge in [0.1, 0.15) is 0 Å². The summed E-state index contributed by atoms with van der Waals surface area (Å²) in [7, 11) is 0. The third-order valence-electron chi connectivity index (χ3n) is 21.1. The molecule has 20 rings (SSSR count). The van der Waals surface area contributed by atoms with Crippen molar-refractivity contribution in [2.75, 3.05) is 9.80 Å². The molecule has 0 aliphatic carbocycles. The van der Waals surface area contributed by atoms with Gasteiger partial charge in [0.2, 0.25) is 0 Å². The Balaban J connectivity index is 0.000000148. The van der Waals surface area contributed by atoms with Gasteiger partial charge in [-0.15, -0.1) is 11.3 Å². The van der Waals surface area contributed by atoms with Crippen molar-refractivity contribution in [3.8, 4) is 78.1 Å². The maximum atomic E-state index is 2.44. The van der Waals surface area contributed by atoms with E-state index in [0.717, 1.165) is 45.5 Å². The summed E-state index contributed by atoms with van der Waals surface area (Å²) in [6.07, 6.45) is 0.